The maximum absolute atomic E-state index is 11.8. The minimum Gasteiger partial charge on any atom is -0.444 e. The molecule has 17 heavy (non-hydrogen) atoms. The number of alkyl carbamates (subject to hydrolysis) is 1. The molecule has 0 aromatic carbocycles. The lowest BCUT2D eigenvalue weighted by Gasteiger charge is -2.35. The van der Waals surface area contributed by atoms with Crippen molar-refractivity contribution in [1.82, 2.24) is 5.32 Å². The van der Waals surface area contributed by atoms with Crippen LogP contribution in [0.4, 0.5) is 4.79 Å². The molecule has 1 aliphatic rings. The van der Waals surface area contributed by atoms with Crippen LogP contribution in [0.3, 0.4) is 0 Å². The van der Waals surface area contributed by atoms with Crippen LogP contribution in [0.2, 0.25) is 0 Å². The van der Waals surface area contributed by atoms with E-state index in [2.05, 4.69) is 26.1 Å². The van der Waals surface area contributed by atoms with Crippen molar-refractivity contribution in [2.75, 3.05) is 6.61 Å². The molecule has 2 atom stereocenters. The second-order valence-electron chi connectivity index (χ2n) is 7.05. The first-order chi connectivity index (χ1) is 7.44. The minimum atomic E-state index is -0.474. The van der Waals surface area contributed by atoms with Crippen LogP contribution in [-0.4, -0.2) is 29.9 Å². The van der Waals surface area contributed by atoms with Crippen LogP contribution in [0.15, 0.2) is 0 Å². The van der Waals surface area contributed by atoms with Crippen LogP contribution >= 0.6 is 0 Å². The molecule has 100 valence electrons. The summed E-state index contributed by atoms with van der Waals surface area (Å²) in [4.78, 5) is 11.8. The fourth-order valence-corrected chi connectivity index (χ4v) is 1.99. The Morgan fingerprint density at radius 2 is 1.76 bits per heavy atom. The summed E-state index contributed by atoms with van der Waals surface area (Å²) in [6.45, 7) is 14.5. The summed E-state index contributed by atoms with van der Waals surface area (Å²) in [6, 6.07) is -0.0511. The van der Waals surface area contributed by atoms with E-state index >= 15 is 0 Å². The molecule has 1 fully saturated rings. The standard InChI is InChI=1S/C13H25NO3/c1-11(2,3)9(13(7)8-16-13)14-10(15)17-12(4,5)6/h9H,8H2,1-7H3,(H,14,15). The molecular weight excluding hydrogens is 218 g/mol. The third-order valence-corrected chi connectivity index (χ3v) is 2.74. The van der Waals surface area contributed by atoms with Gasteiger partial charge in [0.05, 0.1) is 12.6 Å². The zero-order valence-corrected chi connectivity index (χ0v) is 12.0. The lowest BCUT2D eigenvalue weighted by atomic mass is 9.79. The van der Waals surface area contributed by atoms with Crippen LogP contribution in [0, 0.1) is 5.41 Å². The van der Waals surface area contributed by atoms with Gasteiger partial charge >= 0.3 is 6.09 Å². The van der Waals surface area contributed by atoms with E-state index in [4.69, 9.17) is 9.47 Å². The second-order valence-corrected chi connectivity index (χ2v) is 7.05. The second kappa shape index (κ2) is 4.16. The Morgan fingerprint density at radius 1 is 1.29 bits per heavy atom. The van der Waals surface area contributed by atoms with Crippen molar-refractivity contribution < 1.29 is 14.3 Å². The number of hydrogen-bond donors (Lipinski definition) is 1. The highest BCUT2D eigenvalue weighted by Gasteiger charge is 2.52. The summed E-state index contributed by atoms with van der Waals surface area (Å²) in [5, 5.41) is 2.93. The van der Waals surface area contributed by atoms with Crippen LogP contribution in [0.25, 0.3) is 0 Å². The van der Waals surface area contributed by atoms with Crippen molar-refractivity contribution in [3.8, 4) is 0 Å². The maximum atomic E-state index is 11.8. The Kier molecular flexibility index (Phi) is 3.50. The third-order valence-electron chi connectivity index (χ3n) is 2.74. The Hall–Kier alpha value is -0.770. The third kappa shape index (κ3) is 4.19. The molecule has 1 rings (SSSR count). The highest BCUT2D eigenvalue weighted by Crippen LogP contribution is 2.39. The number of nitrogens with one attached hydrogen (secondary N) is 1. The first-order valence-electron chi connectivity index (χ1n) is 6.07. The normalized spacial score (nSPS) is 26.3. The summed E-state index contributed by atoms with van der Waals surface area (Å²) in [5.74, 6) is 0. The van der Waals surface area contributed by atoms with Crippen molar-refractivity contribution in [3.05, 3.63) is 0 Å². The fraction of sp³-hybridized carbons (Fsp3) is 0.923. The number of rotatable bonds is 2. The number of epoxide rings is 1. The van der Waals surface area contributed by atoms with Gasteiger partial charge in [-0.3, -0.25) is 0 Å². The lowest BCUT2D eigenvalue weighted by molar-refractivity contribution is 0.0404. The van der Waals surface area contributed by atoms with E-state index in [0.29, 0.717) is 6.61 Å². The minimum absolute atomic E-state index is 0.0511. The quantitative estimate of drug-likeness (QED) is 0.759. The monoisotopic (exact) mass is 243 g/mol. The van der Waals surface area contributed by atoms with Gasteiger partial charge in [0.2, 0.25) is 0 Å². The first-order valence-corrected chi connectivity index (χ1v) is 6.07. The van der Waals surface area contributed by atoms with E-state index in [1.165, 1.54) is 0 Å². The van der Waals surface area contributed by atoms with E-state index in [1.807, 2.05) is 27.7 Å². The van der Waals surface area contributed by atoms with Crippen LogP contribution in [-0.2, 0) is 9.47 Å². The van der Waals surface area contributed by atoms with E-state index < -0.39 is 5.60 Å². The topological polar surface area (TPSA) is 50.9 Å². The molecule has 2 unspecified atom stereocenters. The summed E-state index contributed by atoms with van der Waals surface area (Å²) in [7, 11) is 0. The number of carbonyl (C=O) groups excluding carboxylic acids is 1. The Morgan fingerprint density at radius 3 is 2.06 bits per heavy atom. The van der Waals surface area contributed by atoms with Gasteiger partial charge in [0.1, 0.15) is 11.2 Å². The fourth-order valence-electron chi connectivity index (χ4n) is 1.99. The highest BCUT2D eigenvalue weighted by molar-refractivity contribution is 5.68. The predicted octanol–water partition coefficient (Wildman–Crippen LogP) is 2.71. The van der Waals surface area contributed by atoms with Gasteiger partial charge in [-0.15, -0.1) is 0 Å². The van der Waals surface area contributed by atoms with Crippen molar-refractivity contribution in [2.24, 2.45) is 5.41 Å². The van der Waals surface area contributed by atoms with Crippen molar-refractivity contribution >= 4 is 6.09 Å². The number of hydrogen-bond acceptors (Lipinski definition) is 3. The predicted molar refractivity (Wildman–Crippen MR) is 67.0 cm³/mol. The average molecular weight is 243 g/mol. The molecule has 1 heterocycles. The van der Waals surface area contributed by atoms with Gasteiger partial charge in [-0.2, -0.15) is 0 Å². The highest BCUT2D eigenvalue weighted by atomic mass is 16.6. The van der Waals surface area contributed by atoms with Gasteiger partial charge in [-0.1, -0.05) is 20.8 Å². The first kappa shape index (κ1) is 14.3. The molecule has 0 bridgehead atoms. The Balaban J connectivity index is 2.66. The van der Waals surface area contributed by atoms with Crippen molar-refractivity contribution in [3.63, 3.8) is 0 Å². The van der Waals surface area contributed by atoms with Crippen LogP contribution < -0.4 is 5.32 Å². The molecular formula is C13H25NO3. The van der Waals surface area contributed by atoms with Crippen molar-refractivity contribution in [1.29, 1.82) is 0 Å². The average Bonchev–Trinajstić information content (AvgIpc) is 2.75. The molecule has 1 aliphatic heterocycles. The smallest absolute Gasteiger partial charge is 0.407 e. The summed E-state index contributed by atoms with van der Waals surface area (Å²) < 4.78 is 10.7. The SMILES string of the molecule is CC(C)(C)OC(=O)NC(C(C)(C)C)C1(C)CO1. The van der Waals surface area contributed by atoms with E-state index in [-0.39, 0.29) is 23.2 Å². The molecule has 1 amide bonds. The number of amides is 1. The summed E-state index contributed by atoms with van der Waals surface area (Å²) in [5.41, 5.74) is -0.796. The van der Waals surface area contributed by atoms with E-state index in [9.17, 15) is 4.79 Å². The Bertz CT molecular complexity index is 290. The van der Waals surface area contributed by atoms with Gasteiger partial charge in [0, 0.05) is 0 Å². The zero-order valence-electron chi connectivity index (χ0n) is 12.0. The number of carbonyl (C=O) groups is 1. The van der Waals surface area contributed by atoms with Gasteiger partial charge in [0.25, 0.3) is 0 Å². The molecule has 0 aliphatic carbocycles. The molecule has 1 N–H and O–H groups in total. The van der Waals surface area contributed by atoms with E-state index in [0.717, 1.165) is 0 Å². The maximum Gasteiger partial charge on any atom is 0.407 e. The molecule has 0 aromatic heterocycles. The molecule has 0 saturated carbocycles. The van der Waals surface area contributed by atoms with Crippen LogP contribution in [0.5, 0.6) is 0 Å². The van der Waals surface area contributed by atoms with Gasteiger partial charge in [-0.05, 0) is 33.1 Å². The molecule has 1 saturated heterocycles. The van der Waals surface area contributed by atoms with Gasteiger partial charge in [-0.25, -0.2) is 4.79 Å². The summed E-state index contributed by atoms with van der Waals surface area (Å²) >= 11 is 0. The molecule has 0 radical (unpaired) electrons. The lowest BCUT2D eigenvalue weighted by Crippen LogP contribution is -2.53. The van der Waals surface area contributed by atoms with Gasteiger partial charge < -0.3 is 14.8 Å². The van der Waals surface area contributed by atoms with Crippen molar-refractivity contribution in [2.45, 2.75) is 65.7 Å². The molecule has 0 aromatic rings. The largest absolute Gasteiger partial charge is 0.444 e. The Labute approximate surface area is 104 Å². The zero-order chi connectivity index (χ0) is 13.5. The molecule has 4 nitrogen and oxygen atoms in total. The summed E-state index contributed by atoms with van der Waals surface area (Å²) in [6.07, 6.45) is -0.380. The van der Waals surface area contributed by atoms with E-state index in [1.54, 1.807) is 0 Å². The molecule has 4 heteroatoms. The number of ether oxygens (including phenoxy) is 2. The van der Waals surface area contributed by atoms with Gasteiger partial charge in [0.15, 0.2) is 0 Å². The molecule has 0 spiro atoms. The van der Waals surface area contributed by atoms with Crippen LogP contribution in [0.1, 0.15) is 48.5 Å².